The summed E-state index contributed by atoms with van der Waals surface area (Å²) in [5.74, 6) is -3.22. The highest BCUT2D eigenvalue weighted by atomic mass is 19.4. The number of hydrogen-bond acceptors (Lipinski definition) is 4. The SMILES string of the molecule is O=C(N[C@H]1c2ccccc2C[C@H]1O)c1[nH]c[n+]2ccccc12.O=C([O-])C(F)(F)F. The predicted octanol–water partition coefficient (Wildman–Crippen LogP) is 0.440. The summed E-state index contributed by atoms with van der Waals surface area (Å²) in [6.07, 6.45) is -1.59. The Labute approximate surface area is 162 Å². The number of halogens is 3. The molecule has 3 aromatic rings. The smallest absolute Gasteiger partial charge is 0.430 e. The molecule has 0 fully saturated rings. The number of carbonyl (C=O) groups excluding carboxylic acids is 2. The molecule has 2 aromatic heterocycles. The zero-order valence-corrected chi connectivity index (χ0v) is 14.8. The van der Waals surface area contributed by atoms with E-state index in [4.69, 9.17) is 9.90 Å². The molecule has 1 amide bonds. The molecule has 7 nitrogen and oxygen atoms in total. The number of rotatable bonds is 2. The molecular weight excluding hydrogens is 391 g/mol. The molecule has 4 rings (SSSR count). The van der Waals surface area contributed by atoms with Gasteiger partial charge in [-0.25, -0.2) is 9.38 Å². The Morgan fingerprint density at radius 2 is 1.83 bits per heavy atom. The maximum Gasteiger partial charge on any atom is 0.430 e. The molecule has 0 spiro atoms. The number of carboxylic acids is 1. The van der Waals surface area contributed by atoms with Gasteiger partial charge in [-0.2, -0.15) is 13.2 Å². The Morgan fingerprint density at radius 3 is 2.52 bits per heavy atom. The molecular formula is C19H16F3N3O4. The van der Waals surface area contributed by atoms with Crippen molar-refractivity contribution < 1.29 is 37.4 Å². The highest BCUT2D eigenvalue weighted by molar-refractivity contribution is 5.98. The lowest BCUT2D eigenvalue weighted by Crippen LogP contribution is -2.37. The van der Waals surface area contributed by atoms with Gasteiger partial charge in [0.15, 0.2) is 5.52 Å². The Kier molecular flexibility index (Phi) is 5.55. The minimum absolute atomic E-state index is 0.213. The van der Waals surface area contributed by atoms with Crippen LogP contribution in [0.15, 0.2) is 55.0 Å². The van der Waals surface area contributed by atoms with E-state index < -0.39 is 18.2 Å². The van der Waals surface area contributed by atoms with Crippen molar-refractivity contribution in [2.75, 3.05) is 0 Å². The Balaban J connectivity index is 0.000000298. The van der Waals surface area contributed by atoms with Gasteiger partial charge in [0, 0.05) is 6.42 Å². The summed E-state index contributed by atoms with van der Waals surface area (Å²) >= 11 is 0. The lowest BCUT2D eigenvalue weighted by Gasteiger charge is -2.16. The Bertz CT molecular complexity index is 1050. The first-order valence-corrected chi connectivity index (χ1v) is 8.50. The van der Waals surface area contributed by atoms with Crippen molar-refractivity contribution in [2.45, 2.75) is 24.7 Å². The van der Waals surface area contributed by atoms with Crippen LogP contribution in [0.1, 0.15) is 27.7 Å². The van der Waals surface area contributed by atoms with Crippen LogP contribution in [0.5, 0.6) is 0 Å². The molecule has 0 unspecified atom stereocenters. The van der Waals surface area contributed by atoms with E-state index in [1.54, 1.807) is 6.33 Å². The van der Waals surface area contributed by atoms with Gasteiger partial charge < -0.3 is 20.3 Å². The summed E-state index contributed by atoms with van der Waals surface area (Å²) in [5.41, 5.74) is 3.39. The molecule has 2 heterocycles. The number of pyridine rings is 1. The number of nitrogens with one attached hydrogen (secondary N) is 2. The lowest BCUT2D eigenvalue weighted by atomic mass is 10.1. The van der Waals surface area contributed by atoms with Crippen LogP contribution in [0.2, 0.25) is 0 Å². The monoisotopic (exact) mass is 407 g/mol. The Morgan fingerprint density at radius 1 is 1.17 bits per heavy atom. The maximum atomic E-state index is 12.6. The first-order valence-electron chi connectivity index (χ1n) is 8.50. The number of benzene rings is 1. The lowest BCUT2D eigenvalue weighted by molar-refractivity contribution is -0.511. The largest absolute Gasteiger partial charge is 0.542 e. The van der Waals surface area contributed by atoms with Gasteiger partial charge in [-0.1, -0.05) is 30.3 Å². The second-order valence-electron chi connectivity index (χ2n) is 6.35. The zero-order valence-electron chi connectivity index (χ0n) is 14.8. The first-order chi connectivity index (χ1) is 13.7. The normalized spacial score (nSPS) is 17.9. The summed E-state index contributed by atoms with van der Waals surface area (Å²) in [4.78, 5) is 24.3. The molecule has 0 radical (unpaired) electrons. The fourth-order valence-electron chi connectivity index (χ4n) is 3.13. The van der Waals surface area contributed by atoms with E-state index in [0.29, 0.717) is 12.1 Å². The van der Waals surface area contributed by atoms with Crippen molar-refractivity contribution in [1.29, 1.82) is 0 Å². The van der Waals surface area contributed by atoms with Crippen molar-refractivity contribution in [2.24, 2.45) is 0 Å². The minimum Gasteiger partial charge on any atom is -0.542 e. The maximum absolute atomic E-state index is 12.6. The van der Waals surface area contributed by atoms with Crippen LogP contribution in [0, 0.1) is 0 Å². The van der Waals surface area contributed by atoms with Crippen molar-refractivity contribution in [3.05, 3.63) is 71.8 Å². The van der Waals surface area contributed by atoms with Crippen molar-refractivity contribution in [3.8, 4) is 0 Å². The predicted molar refractivity (Wildman–Crippen MR) is 91.4 cm³/mol. The first kappa shape index (κ1) is 20.3. The third kappa shape index (κ3) is 4.37. The average molecular weight is 407 g/mol. The second-order valence-corrected chi connectivity index (χ2v) is 6.35. The van der Waals surface area contributed by atoms with Gasteiger partial charge in [-0.15, -0.1) is 0 Å². The number of carbonyl (C=O) groups is 2. The number of aliphatic hydroxyl groups excluding tert-OH is 1. The second kappa shape index (κ2) is 7.92. The molecule has 29 heavy (non-hydrogen) atoms. The highest BCUT2D eigenvalue weighted by Crippen LogP contribution is 2.31. The number of aromatic nitrogens is 2. The van der Waals surface area contributed by atoms with Gasteiger partial charge in [0.05, 0.1) is 18.3 Å². The van der Waals surface area contributed by atoms with Crippen LogP contribution in [0.3, 0.4) is 0 Å². The number of nitrogens with zero attached hydrogens (tertiary/aromatic N) is 1. The Hall–Kier alpha value is -3.40. The number of aliphatic carboxylic acids is 1. The molecule has 0 bridgehead atoms. The third-order valence-electron chi connectivity index (χ3n) is 4.44. The summed E-state index contributed by atoms with van der Waals surface area (Å²) < 4.78 is 33.4. The topological polar surface area (TPSA) is 109 Å². The van der Waals surface area contributed by atoms with Gasteiger partial charge >= 0.3 is 6.18 Å². The number of hydrogen-bond donors (Lipinski definition) is 3. The standard InChI is InChI=1S/C17H15N3O2.C2HF3O2/c21-14-9-11-5-1-2-6-12(11)15(14)19-17(22)16-13-7-3-4-8-20(13)10-18-16;3-2(4,5)1(6)7/h1-8,10,14-15,21H,9H2,(H,19,22);(H,6,7)/t14-,15+;/m1./s1. The fourth-order valence-corrected chi connectivity index (χ4v) is 3.13. The van der Waals surface area contributed by atoms with E-state index in [0.717, 1.165) is 16.6 Å². The summed E-state index contributed by atoms with van der Waals surface area (Å²) in [7, 11) is 0. The highest BCUT2D eigenvalue weighted by Gasteiger charge is 2.33. The average Bonchev–Trinajstić information content (AvgIpc) is 3.23. The van der Waals surface area contributed by atoms with Crippen molar-refractivity contribution in [3.63, 3.8) is 0 Å². The molecule has 0 saturated heterocycles. The summed E-state index contributed by atoms with van der Waals surface area (Å²) in [5, 5.41) is 22.0. The number of H-pyrrole nitrogens is 1. The third-order valence-corrected chi connectivity index (χ3v) is 4.44. The van der Waals surface area contributed by atoms with Gasteiger partial charge in [0.1, 0.15) is 5.97 Å². The number of imidazole rings is 1. The van der Waals surface area contributed by atoms with E-state index in [1.807, 2.05) is 53.1 Å². The molecule has 1 aliphatic carbocycles. The van der Waals surface area contributed by atoms with Crippen molar-refractivity contribution >= 4 is 17.4 Å². The number of aliphatic hydroxyl groups is 1. The van der Waals surface area contributed by atoms with Gasteiger partial charge in [-0.05, 0) is 23.3 Å². The molecule has 2 atom stereocenters. The van der Waals surface area contributed by atoms with Gasteiger partial charge in [0.25, 0.3) is 5.91 Å². The molecule has 0 aliphatic heterocycles. The zero-order chi connectivity index (χ0) is 21.2. The van der Waals surface area contributed by atoms with Crippen LogP contribution in [0.4, 0.5) is 13.2 Å². The number of aromatic amines is 1. The van der Waals surface area contributed by atoms with Crippen LogP contribution in [0.25, 0.3) is 5.52 Å². The van der Waals surface area contributed by atoms with Crippen LogP contribution in [-0.4, -0.2) is 34.2 Å². The van der Waals surface area contributed by atoms with Crippen LogP contribution in [-0.2, 0) is 11.2 Å². The van der Waals surface area contributed by atoms with E-state index in [2.05, 4.69) is 10.3 Å². The van der Waals surface area contributed by atoms with Crippen LogP contribution < -0.4 is 14.8 Å². The van der Waals surface area contributed by atoms with E-state index in [9.17, 15) is 23.1 Å². The molecule has 10 heteroatoms. The molecule has 1 aliphatic rings. The minimum atomic E-state index is -5.19. The van der Waals surface area contributed by atoms with Gasteiger partial charge in [-0.3, -0.25) is 4.79 Å². The fraction of sp³-hybridized carbons (Fsp3) is 0.211. The molecule has 3 N–H and O–H groups in total. The van der Waals surface area contributed by atoms with E-state index in [-0.39, 0.29) is 11.9 Å². The number of carboxylic acid groups (broad SMARTS) is 1. The van der Waals surface area contributed by atoms with Gasteiger partial charge in [0.2, 0.25) is 12.0 Å². The summed E-state index contributed by atoms with van der Waals surface area (Å²) in [6.45, 7) is 0. The van der Waals surface area contributed by atoms with Crippen LogP contribution >= 0.6 is 0 Å². The molecule has 0 saturated carbocycles. The van der Waals surface area contributed by atoms with E-state index in [1.165, 1.54) is 0 Å². The van der Waals surface area contributed by atoms with E-state index >= 15 is 0 Å². The molecule has 152 valence electrons. The van der Waals surface area contributed by atoms with Crippen molar-refractivity contribution in [1.82, 2.24) is 10.3 Å². The summed E-state index contributed by atoms with van der Waals surface area (Å²) in [6, 6.07) is 13.1. The number of alkyl halides is 3. The number of amides is 1. The molecule has 1 aromatic carbocycles. The number of fused-ring (bicyclic) bond motifs is 2. The quantitative estimate of drug-likeness (QED) is 0.536.